The first-order chi connectivity index (χ1) is 13.8. The van der Waals surface area contributed by atoms with Crippen molar-refractivity contribution in [1.29, 1.82) is 0 Å². The van der Waals surface area contributed by atoms with Crippen molar-refractivity contribution in [3.8, 4) is 0 Å². The summed E-state index contributed by atoms with van der Waals surface area (Å²) in [4.78, 5) is 27.0. The molecule has 1 fully saturated rings. The van der Waals surface area contributed by atoms with Gasteiger partial charge in [-0.3, -0.25) is 14.5 Å². The van der Waals surface area contributed by atoms with E-state index in [-0.39, 0.29) is 10.2 Å². The number of rotatable bonds is 5. The van der Waals surface area contributed by atoms with Gasteiger partial charge in [0.05, 0.1) is 4.91 Å². The number of thioether (sulfide) groups is 1. The summed E-state index contributed by atoms with van der Waals surface area (Å²) in [5.74, 6) is -1.47. The second-order valence-electron chi connectivity index (χ2n) is 7.01. The van der Waals surface area contributed by atoms with E-state index < -0.39 is 12.5 Å². The van der Waals surface area contributed by atoms with Crippen LogP contribution in [0.3, 0.4) is 0 Å². The van der Waals surface area contributed by atoms with Crippen LogP contribution in [0.2, 0.25) is 0 Å². The van der Waals surface area contributed by atoms with E-state index in [1.54, 1.807) is 6.08 Å². The molecule has 0 saturated carbocycles. The number of carbonyl (C=O) groups is 2. The quantitative estimate of drug-likeness (QED) is 0.523. The molecule has 0 unspecified atom stereocenters. The van der Waals surface area contributed by atoms with Crippen LogP contribution in [0.15, 0.2) is 51.4 Å². The Kier molecular flexibility index (Phi) is 6.82. The Morgan fingerprint density at radius 2 is 1.97 bits per heavy atom. The molecular formula is C21H21ClN2O3S2. The van der Waals surface area contributed by atoms with Crippen molar-refractivity contribution in [3.63, 3.8) is 0 Å². The molecule has 152 valence electrons. The Hall–Kier alpha value is -2.09. The zero-order chi connectivity index (χ0) is 21.1. The second kappa shape index (κ2) is 9.15. The summed E-state index contributed by atoms with van der Waals surface area (Å²) in [6, 6.07) is 8.22. The van der Waals surface area contributed by atoms with Crippen molar-refractivity contribution in [1.82, 2.24) is 4.90 Å². The normalized spacial score (nSPS) is 20.2. The van der Waals surface area contributed by atoms with Crippen LogP contribution in [0.25, 0.3) is 6.08 Å². The van der Waals surface area contributed by atoms with Gasteiger partial charge in [0.2, 0.25) is 0 Å². The van der Waals surface area contributed by atoms with Crippen LogP contribution in [0.1, 0.15) is 24.8 Å². The highest BCUT2D eigenvalue weighted by molar-refractivity contribution is 8.26. The van der Waals surface area contributed by atoms with E-state index in [9.17, 15) is 9.59 Å². The van der Waals surface area contributed by atoms with Crippen LogP contribution >= 0.6 is 35.6 Å². The zero-order valence-electron chi connectivity index (χ0n) is 16.1. The maximum Gasteiger partial charge on any atom is 0.323 e. The Labute approximate surface area is 184 Å². The van der Waals surface area contributed by atoms with E-state index in [1.165, 1.54) is 0 Å². The maximum absolute atomic E-state index is 12.5. The maximum atomic E-state index is 12.5. The second-order valence-corrected chi connectivity index (χ2v) is 9.06. The largest absolute Gasteiger partial charge is 0.480 e. The molecule has 1 saturated heterocycles. The minimum absolute atomic E-state index is 0.257. The third-order valence-corrected chi connectivity index (χ3v) is 6.54. The van der Waals surface area contributed by atoms with E-state index in [0.717, 1.165) is 58.3 Å². The van der Waals surface area contributed by atoms with Crippen molar-refractivity contribution in [3.05, 3.63) is 57.0 Å². The van der Waals surface area contributed by atoms with Crippen LogP contribution in [0.5, 0.6) is 0 Å². The summed E-state index contributed by atoms with van der Waals surface area (Å²) in [5, 5.41) is 9.61. The molecule has 1 aliphatic carbocycles. The zero-order valence-corrected chi connectivity index (χ0v) is 18.5. The topological polar surface area (TPSA) is 60.9 Å². The highest BCUT2D eigenvalue weighted by Crippen LogP contribution is 2.38. The van der Waals surface area contributed by atoms with Crippen molar-refractivity contribution < 1.29 is 14.7 Å². The van der Waals surface area contributed by atoms with Gasteiger partial charge in [-0.1, -0.05) is 53.8 Å². The lowest BCUT2D eigenvalue weighted by molar-refractivity contribution is -0.140. The van der Waals surface area contributed by atoms with E-state index >= 15 is 0 Å². The average molecular weight is 449 g/mol. The lowest BCUT2D eigenvalue weighted by Gasteiger charge is -2.18. The predicted molar refractivity (Wildman–Crippen MR) is 123 cm³/mol. The number of carboxylic acids is 1. The van der Waals surface area contributed by atoms with Gasteiger partial charge in [-0.15, -0.1) is 0 Å². The number of aliphatic carboxylic acids is 1. The molecule has 29 heavy (non-hydrogen) atoms. The molecular weight excluding hydrogens is 428 g/mol. The molecule has 8 heteroatoms. The number of thiocarbonyl (C=S) groups is 1. The number of amides is 1. The third-order valence-electron chi connectivity index (χ3n) is 4.68. The van der Waals surface area contributed by atoms with Gasteiger partial charge in [0.15, 0.2) is 0 Å². The van der Waals surface area contributed by atoms with Gasteiger partial charge in [-0.05, 0) is 54.2 Å². The first kappa shape index (κ1) is 21.6. The fourth-order valence-corrected chi connectivity index (χ4v) is 4.73. The van der Waals surface area contributed by atoms with E-state index in [4.69, 9.17) is 28.9 Å². The minimum Gasteiger partial charge on any atom is -0.480 e. The number of carboxylic acid groups (broad SMARTS) is 1. The highest BCUT2D eigenvalue weighted by Gasteiger charge is 2.33. The Morgan fingerprint density at radius 3 is 2.59 bits per heavy atom. The summed E-state index contributed by atoms with van der Waals surface area (Å²) in [5.41, 5.74) is 4.10. The molecule has 1 heterocycles. The Morgan fingerprint density at radius 1 is 1.28 bits per heavy atom. The summed E-state index contributed by atoms with van der Waals surface area (Å²) >= 11 is 12.9. The van der Waals surface area contributed by atoms with Gasteiger partial charge in [0.1, 0.15) is 10.9 Å². The molecule has 0 spiro atoms. The first-order valence-corrected chi connectivity index (χ1v) is 10.7. The van der Waals surface area contributed by atoms with Crippen molar-refractivity contribution in [2.45, 2.75) is 19.3 Å². The van der Waals surface area contributed by atoms with Crippen LogP contribution in [-0.4, -0.2) is 46.8 Å². The van der Waals surface area contributed by atoms with Crippen LogP contribution < -0.4 is 4.90 Å². The van der Waals surface area contributed by atoms with Gasteiger partial charge in [-0.2, -0.15) is 0 Å². The molecule has 1 aromatic carbocycles. The fraction of sp³-hybridized carbons (Fsp3) is 0.286. The van der Waals surface area contributed by atoms with Gasteiger partial charge in [0, 0.05) is 24.8 Å². The number of carbonyl (C=O) groups excluding carboxylic acids is 1. The molecule has 1 amide bonds. The summed E-state index contributed by atoms with van der Waals surface area (Å²) in [7, 11) is 4.00. The molecule has 5 nitrogen and oxygen atoms in total. The summed E-state index contributed by atoms with van der Waals surface area (Å²) in [6.45, 7) is -0.428. The standard InChI is InChI=1S/C21H21ClN2O3S2/c1-23(2)16-8-6-13(7-9-16)10-14-4-3-5-15(19(14)22)11-17-20(27)24(12-18(25)26)21(28)29-17/h6-11H,3-5,12H2,1-2H3,(H,25,26). The molecule has 0 bridgehead atoms. The highest BCUT2D eigenvalue weighted by atomic mass is 35.5. The summed E-state index contributed by atoms with van der Waals surface area (Å²) < 4.78 is 0.257. The summed E-state index contributed by atoms with van der Waals surface area (Å²) in [6.07, 6.45) is 6.39. The lowest BCUT2D eigenvalue weighted by atomic mass is 9.93. The van der Waals surface area contributed by atoms with Gasteiger partial charge in [0.25, 0.3) is 5.91 Å². The van der Waals surface area contributed by atoms with Crippen LogP contribution in [0, 0.1) is 0 Å². The monoisotopic (exact) mass is 448 g/mol. The molecule has 1 aromatic rings. The van der Waals surface area contributed by atoms with Crippen molar-refractivity contribution in [2.24, 2.45) is 0 Å². The number of hydrogen-bond acceptors (Lipinski definition) is 5. The average Bonchev–Trinajstić information content (AvgIpc) is 2.92. The van der Waals surface area contributed by atoms with Crippen LogP contribution in [-0.2, 0) is 9.59 Å². The molecule has 3 rings (SSSR count). The Bertz CT molecular complexity index is 949. The fourth-order valence-electron chi connectivity index (χ4n) is 3.17. The van der Waals surface area contributed by atoms with Crippen molar-refractivity contribution >= 4 is 63.5 Å². The van der Waals surface area contributed by atoms with Crippen molar-refractivity contribution in [2.75, 3.05) is 25.5 Å². The number of allylic oxidation sites excluding steroid dienone is 4. The number of nitrogens with zero attached hydrogens (tertiary/aromatic N) is 2. The molecule has 2 aliphatic rings. The number of halogens is 1. The predicted octanol–water partition coefficient (Wildman–Crippen LogP) is 4.64. The number of anilines is 1. The lowest BCUT2D eigenvalue weighted by Crippen LogP contribution is -2.33. The minimum atomic E-state index is -1.09. The number of hydrogen-bond donors (Lipinski definition) is 1. The molecule has 0 aromatic heterocycles. The molecule has 1 N–H and O–H groups in total. The third kappa shape index (κ3) is 5.10. The first-order valence-electron chi connectivity index (χ1n) is 9.10. The van der Waals surface area contributed by atoms with Gasteiger partial charge >= 0.3 is 5.97 Å². The van der Waals surface area contributed by atoms with Gasteiger partial charge in [-0.25, -0.2) is 0 Å². The van der Waals surface area contributed by atoms with E-state index in [1.807, 2.05) is 19.0 Å². The van der Waals surface area contributed by atoms with Gasteiger partial charge < -0.3 is 10.0 Å². The molecule has 0 radical (unpaired) electrons. The SMILES string of the molecule is CN(C)c1ccc(C=C2CCCC(C=C3SC(=S)N(CC(=O)O)C3=O)=C2Cl)cc1. The Balaban J connectivity index is 1.86. The molecule has 0 atom stereocenters. The number of benzene rings is 1. The van der Waals surface area contributed by atoms with E-state index in [0.29, 0.717) is 9.94 Å². The molecule has 1 aliphatic heterocycles. The van der Waals surface area contributed by atoms with E-state index in [2.05, 4.69) is 30.3 Å². The smallest absolute Gasteiger partial charge is 0.323 e. The van der Waals surface area contributed by atoms with Crippen LogP contribution in [0.4, 0.5) is 5.69 Å².